The quantitative estimate of drug-likeness (QED) is 0.358. The third kappa shape index (κ3) is 22.0. The minimum Gasteiger partial charge on any atom is -0.466 e. The van der Waals surface area contributed by atoms with Gasteiger partial charge in [0.05, 0.1) is 13.7 Å². The highest BCUT2D eigenvalue weighted by Gasteiger charge is 1.99. The Balaban J connectivity index is -0.000000264. The molecule has 0 spiro atoms. The smallest absolute Gasteiger partial charge is 0.333 e. The summed E-state index contributed by atoms with van der Waals surface area (Å²) >= 11 is 0. The zero-order valence-corrected chi connectivity index (χ0v) is 13.8. The number of aliphatic hydroxyl groups excluding tert-OH is 2. The van der Waals surface area contributed by atoms with Gasteiger partial charge in [-0.2, -0.15) is 0 Å². The van der Waals surface area contributed by atoms with Gasteiger partial charge in [0.15, 0.2) is 0 Å². The van der Waals surface area contributed by atoms with Crippen molar-refractivity contribution in [1.29, 1.82) is 0 Å². The van der Waals surface area contributed by atoms with E-state index in [1.807, 2.05) is 0 Å². The molecule has 0 radical (unpaired) electrons. The molecule has 0 aliphatic heterocycles. The van der Waals surface area contributed by atoms with Crippen LogP contribution in [0.1, 0.15) is 13.8 Å². The fraction of sp³-hybridized carbons (Fsp3) is 0.400. The number of rotatable bonds is 6. The lowest BCUT2D eigenvalue weighted by molar-refractivity contribution is -0.140. The van der Waals surface area contributed by atoms with Gasteiger partial charge in [0.2, 0.25) is 5.91 Å². The lowest BCUT2D eigenvalue weighted by Gasteiger charge is -1.99. The number of ether oxygens (including phenoxy) is 2. The molecule has 0 atom stereocenters. The second-order valence-electron chi connectivity index (χ2n) is 3.82. The van der Waals surface area contributed by atoms with Crippen LogP contribution in [0.25, 0.3) is 0 Å². The van der Waals surface area contributed by atoms with Gasteiger partial charge >= 0.3 is 11.9 Å². The number of nitrogens with one attached hydrogen (secondary N) is 1. The number of aliphatic hydroxyl groups is 2. The molecule has 23 heavy (non-hydrogen) atoms. The number of hydrogen-bond donors (Lipinski definition) is 3. The third-order valence-corrected chi connectivity index (χ3v) is 1.65. The zero-order valence-electron chi connectivity index (χ0n) is 13.8. The second-order valence-corrected chi connectivity index (χ2v) is 3.82. The Hall–Kier alpha value is -2.45. The molecule has 132 valence electrons. The zero-order chi connectivity index (χ0) is 18.8. The number of esters is 2. The highest BCUT2D eigenvalue weighted by atomic mass is 16.5. The molecule has 8 heteroatoms. The van der Waals surface area contributed by atoms with Crippen molar-refractivity contribution >= 4 is 17.8 Å². The van der Waals surface area contributed by atoms with Gasteiger partial charge in [0.25, 0.3) is 0 Å². The van der Waals surface area contributed by atoms with E-state index in [0.717, 1.165) is 6.08 Å². The molecule has 0 saturated heterocycles. The number of methoxy groups -OCH3 is 1. The summed E-state index contributed by atoms with van der Waals surface area (Å²) in [6.07, 6.45) is 1.09. The van der Waals surface area contributed by atoms with E-state index in [4.69, 9.17) is 10.2 Å². The molecule has 0 rings (SSSR count). The van der Waals surface area contributed by atoms with Gasteiger partial charge < -0.3 is 25.0 Å². The Morgan fingerprint density at radius 1 is 1.09 bits per heavy atom. The van der Waals surface area contributed by atoms with Crippen molar-refractivity contribution in [2.24, 2.45) is 0 Å². The standard InChI is InChI=1S/C6H10O3.C5H8O2.C4H7NO2/c1-5(2)6(8)9-4-3-7;1-4(2)5(6)7-3;1-2-4(7)5-3-6/h7H,1,3-4H2,2H3;1H2,2-3H3;2,6H,1,3H2,(H,5,7). The Labute approximate surface area is 136 Å². The van der Waals surface area contributed by atoms with Crippen LogP contribution in [0, 0.1) is 0 Å². The van der Waals surface area contributed by atoms with Crippen LogP contribution in [-0.4, -0.2) is 55.1 Å². The number of amides is 1. The van der Waals surface area contributed by atoms with E-state index in [1.54, 1.807) is 13.8 Å². The average molecular weight is 331 g/mol. The first kappa shape index (κ1) is 25.5. The molecule has 0 aromatic rings. The highest BCUT2D eigenvalue weighted by Crippen LogP contribution is 1.90. The van der Waals surface area contributed by atoms with E-state index in [2.05, 4.69) is 34.5 Å². The van der Waals surface area contributed by atoms with Crippen molar-refractivity contribution in [2.45, 2.75) is 13.8 Å². The van der Waals surface area contributed by atoms with Gasteiger partial charge in [-0.3, -0.25) is 4.79 Å². The van der Waals surface area contributed by atoms with Crippen molar-refractivity contribution in [3.05, 3.63) is 37.0 Å². The van der Waals surface area contributed by atoms with Gasteiger partial charge in [-0.1, -0.05) is 19.7 Å². The summed E-state index contributed by atoms with van der Waals surface area (Å²) in [5, 5.41) is 18.3. The van der Waals surface area contributed by atoms with E-state index in [9.17, 15) is 14.4 Å². The van der Waals surface area contributed by atoms with Crippen LogP contribution in [0.2, 0.25) is 0 Å². The Morgan fingerprint density at radius 3 is 1.74 bits per heavy atom. The van der Waals surface area contributed by atoms with Crippen molar-refractivity contribution in [1.82, 2.24) is 5.32 Å². The summed E-state index contributed by atoms with van der Waals surface area (Å²) in [5.74, 6) is -1.16. The lowest BCUT2D eigenvalue weighted by atomic mass is 10.4. The summed E-state index contributed by atoms with van der Waals surface area (Å²) in [6, 6.07) is 0. The topological polar surface area (TPSA) is 122 Å². The average Bonchev–Trinajstić information content (AvgIpc) is 2.52. The van der Waals surface area contributed by atoms with Crippen LogP contribution >= 0.6 is 0 Å². The fourth-order valence-corrected chi connectivity index (χ4v) is 0.586. The maximum absolute atomic E-state index is 10.5. The summed E-state index contributed by atoms with van der Waals surface area (Å²) in [6.45, 7) is 12.6. The maximum atomic E-state index is 10.5. The Kier molecular flexibility index (Phi) is 19.5. The van der Waals surface area contributed by atoms with Gasteiger partial charge in [-0.15, -0.1) is 0 Å². The second kappa shape index (κ2) is 17.6. The normalized spacial score (nSPS) is 8.04. The lowest BCUT2D eigenvalue weighted by Crippen LogP contribution is -2.20. The van der Waals surface area contributed by atoms with E-state index >= 15 is 0 Å². The highest BCUT2D eigenvalue weighted by molar-refractivity contribution is 5.87. The Bertz CT molecular complexity index is 414. The molecule has 0 heterocycles. The Morgan fingerprint density at radius 2 is 1.57 bits per heavy atom. The monoisotopic (exact) mass is 331 g/mol. The molecule has 0 saturated carbocycles. The first-order valence-electron chi connectivity index (χ1n) is 6.36. The molecular weight excluding hydrogens is 306 g/mol. The van der Waals surface area contributed by atoms with Crippen molar-refractivity contribution in [2.75, 3.05) is 27.1 Å². The summed E-state index contributed by atoms with van der Waals surface area (Å²) in [5.41, 5.74) is 0.783. The summed E-state index contributed by atoms with van der Waals surface area (Å²) in [7, 11) is 1.33. The van der Waals surface area contributed by atoms with E-state index in [1.165, 1.54) is 7.11 Å². The first-order chi connectivity index (χ1) is 10.7. The molecule has 0 unspecified atom stereocenters. The molecule has 3 N–H and O–H groups in total. The third-order valence-electron chi connectivity index (χ3n) is 1.65. The number of carbonyl (C=O) groups excluding carboxylic acids is 3. The minimum atomic E-state index is -0.455. The van der Waals surface area contributed by atoms with E-state index in [0.29, 0.717) is 11.1 Å². The van der Waals surface area contributed by atoms with Gasteiger partial charge in [0.1, 0.15) is 13.3 Å². The fourth-order valence-electron chi connectivity index (χ4n) is 0.586. The van der Waals surface area contributed by atoms with Gasteiger partial charge in [0, 0.05) is 11.1 Å². The molecule has 0 aromatic heterocycles. The summed E-state index contributed by atoms with van der Waals surface area (Å²) < 4.78 is 8.74. The number of carbonyl (C=O) groups is 3. The van der Waals surface area contributed by atoms with E-state index < -0.39 is 5.97 Å². The predicted molar refractivity (Wildman–Crippen MR) is 85.1 cm³/mol. The molecule has 1 amide bonds. The van der Waals surface area contributed by atoms with Crippen LogP contribution in [0.3, 0.4) is 0 Å². The van der Waals surface area contributed by atoms with Gasteiger partial charge in [-0.25, -0.2) is 9.59 Å². The number of hydrogen-bond acceptors (Lipinski definition) is 7. The first-order valence-corrected chi connectivity index (χ1v) is 6.36. The van der Waals surface area contributed by atoms with Crippen molar-refractivity contribution < 1.29 is 34.1 Å². The van der Waals surface area contributed by atoms with E-state index in [-0.39, 0.29) is 31.8 Å². The summed E-state index contributed by atoms with van der Waals surface area (Å²) in [4.78, 5) is 30.7. The minimum absolute atomic E-state index is 0.0473. The molecular formula is C15H25NO7. The van der Waals surface area contributed by atoms with Crippen molar-refractivity contribution in [3.63, 3.8) is 0 Å². The molecule has 0 aliphatic rings. The van der Waals surface area contributed by atoms with Crippen LogP contribution in [0.4, 0.5) is 0 Å². The van der Waals surface area contributed by atoms with Crippen LogP contribution < -0.4 is 5.32 Å². The SMILES string of the molecule is C=C(C)C(=O)OC.C=C(C)C(=O)OCCO.C=CC(=O)NCO. The van der Waals surface area contributed by atoms with Crippen LogP contribution in [0.5, 0.6) is 0 Å². The van der Waals surface area contributed by atoms with Gasteiger partial charge in [-0.05, 0) is 19.9 Å². The van der Waals surface area contributed by atoms with Crippen LogP contribution in [-0.2, 0) is 23.9 Å². The largest absolute Gasteiger partial charge is 0.466 e. The molecule has 0 aliphatic carbocycles. The molecule has 8 nitrogen and oxygen atoms in total. The molecule has 0 fully saturated rings. The molecule has 0 aromatic carbocycles. The molecule has 0 bridgehead atoms. The predicted octanol–water partition coefficient (Wildman–Crippen LogP) is 0.0719. The van der Waals surface area contributed by atoms with Crippen molar-refractivity contribution in [3.8, 4) is 0 Å². The maximum Gasteiger partial charge on any atom is 0.333 e. The van der Waals surface area contributed by atoms with Crippen LogP contribution in [0.15, 0.2) is 37.0 Å².